The van der Waals surface area contributed by atoms with Gasteiger partial charge in [-0.2, -0.15) is 0 Å². The van der Waals surface area contributed by atoms with Crippen LogP contribution in [-0.4, -0.2) is 50.1 Å². The molecule has 3 aromatic carbocycles. The van der Waals surface area contributed by atoms with Crippen LogP contribution < -0.4 is 16.2 Å². The Bertz CT molecular complexity index is 3020. The van der Waals surface area contributed by atoms with E-state index in [2.05, 4.69) is 70.8 Å². The van der Waals surface area contributed by atoms with E-state index in [0.29, 0.717) is 31.5 Å². The lowest BCUT2D eigenvalue weighted by Gasteiger charge is -2.11. The van der Waals surface area contributed by atoms with Gasteiger partial charge in [-0.25, -0.2) is 15.0 Å². The number of aliphatic hydroxyl groups excluding tert-OH is 1. The number of aliphatic hydroxyl groups is 1. The highest BCUT2D eigenvalue weighted by atomic mass is 127. The third-order valence-corrected chi connectivity index (χ3v) is 13.1. The summed E-state index contributed by atoms with van der Waals surface area (Å²) in [7, 11) is 0. The number of rotatable bonds is 11. The molecule has 0 aliphatic rings. The number of hydrogen-bond acceptors (Lipinski definition) is 9. The molecule has 19 heteroatoms. The van der Waals surface area contributed by atoms with Crippen molar-refractivity contribution in [3.63, 3.8) is 0 Å². The van der Waals surface area contributed by atoms with Gasteiger partial charge in [0.25, 0.3) is 17.4 Å². The van der Waals surface area contributed by atoms with E-state index in [1.54, 1.807) is 78.7 Å². The van der Waals surface area contributed by atoms with E-state index < -0.39 is 0 Å². The number of halogens is 4. The zero-order valence-corrected chi connectivity index (χ0v) is 40.7. The normalized spacial score (nSPS) is 10.6. The Kier molecular flexibility index (Phi) is 16.3. The van der Waals surface area contributed by atoms with Crippen LogP contribution >= 0.6 is 91.1 Å². The number of carbonyl (C=O) groups is 2. The predicted octanol–water partition coefficient (Wildman–Crippen LogP) is 9.76. The van der Waals surface area contributed by atoms with E-state index in [0.717, 1.165) is 39.8 Å². The first-order chi connectivity index (χ1) is 31.1. The second-order valence-electron chi connectivity index (χ2n) is 13.4. The van der Waals surface area contributed by atoms with Crippen molar-refractivity contribution in [2.75, 3.05) is 0 Å². The van der Waals surface area contributed by atoms with Crippen LogP contribution in [-0.2, 0) is 19.7 Å². The van der Waals surface area contributed by atoms with E-state index in [9.17, 15) is 14.4 Å². The van der Waals surface area contributed by atoms with Crippen LogP contribution in [0, 0.1) is 7.14 Å². The van der Waals surface area contributed by atoms with Crippen molar-refractivity contribution in [3.8, 4) is 22.7 Å². The number of nitrogens with zero attached hydrogens (tertiary/aromatic N) is 7. The molecule has 0 spiro atoms. The average molecular weight is 1150 g/mol. The molecule has 0 atom stereocenters. The summed E-state index contributed by atoms with van der Waals surface area (Å²) < 4.78 is 10.8. The van der Waals surface area contributed by atoms with Gasteiger partial charge >= 0.3 is 0 Å². The zero-order valence-electron chi connectivity index (χ0n) is 33.3. The number of carbonyl (C=O) groups excluding carboxylic acids is 2. The maximum atomic E-state index is 12.2. The van der Waals surface area contributed by atoms with Crippen molar-refractivity contribution in [2.24, 2.45) is 0 Å². The van der Waals surface area contributed by atoms with Gasteiger partial charge in [0.2, 0.25) is 0 Å². The second kappa shape index (κ2) is 22.5. The third kappa shape index (κ3) is 12.2. The molecule has 9 rings (SSSR count). The topological polar surface area (TPSA) is 154 Å². The van der Waals surface area contributed by atoms with E-state index >= 15 is 0 Å². The molecular weight excluding hydrogens is 1120 g/mol. The Balaban J connectivity index is 0.000000152. The van der Waals surface area contributed by atoms with Crippen molar-refractivity contribution in [1.82, 2.24) is 43.9 Å². The van der Waals surface area contributed by atoms with Gasteiger partial charge in [0.15, 0.2) is 0 Å². The summed E-state index contributed by atoms with van der Waals surface area (Å²) in [4.78, 5) is 49.7. The van der Waals surface area contributed by atoms with Crippen LogP contribution in [0.2, 0.25) is 8.67 Å². The van der Waals surface area contributed by atoms with E-state index in [1.165, 1.54) is 35.9 Å². The minimum atomic E-state index is -0.177. The van der Waals surface area contributed by atoms with Gasteiger partial charge in [-0.1, -0.05) is 29.3 Å². The van der Waals surface area contributed by atoms with Gasteiger partial charge in [-0.3, -0.25) is 19.0 Å². The Labute approximate surface area is 412 Å². The molecule has 0 radical (unpaired) electrons. The van der Waals surface area contributed by atoms with Crippen LogP contribution in [0.25, 0.3) is 22.7 Å². The fourth-order valence-corrected chi connectivity index (χ4v) is 8.69. The maximum absolute atomic E-state index is 12.2. The fourth-order valence-electron chi connectivity index (χ4n) is 6.05. The lowest BCUT2D eigenvalue weighted by molar-refractivity contribution is 0.0946. The third-order valence-electron chi connectivity index (χ3n) is 9.20. The minimum Gasteiger partial charge on any atom is -0.390 e. The molecule has 0 unspecified atom stereocenters. The van der Waals surface area contributed by atoms with Crippen molar-refractivity contribution in [2.45, 2.75) is 19.7 Å². The molecule has 3 N–H and O–H groups in total. The number of benzene rings is 3. The molecule has 6 heterocycles. The molecule has 0 saturated carbocycles. The van der Waals surface area contributed by atoms with Crippen molar-refractivity contribution in [3.05, 3.63) is 212 Å². The summed E-state index contributed by atoms with van der Waals surface area (Å²) in [6.07, 6.45) is 12.0. The minimum absolute atomic E-state index is 0.00594. The van der Waals surface area contributed by atoms with Gasteiger partial charge in [0.05, 0.1) is 92.8 Å². The first-order valence-corrected chi connectivity index (χ1v) is 23.6. The largest absolute Gasteiger partial charge is 0.390 e. The zero-order chi connectivity index (χ0) is 45.0. The highest BCUT2D eigenvalue weighted by molar-refractivity contribution is 14.1. The SMILES string of the molecule is O=C(NCc1cncn1-c1ccc(-n2ccccc2=O)cc1)c1ccc(Cl)s1.O=C(NCc1cncn1-c1ccc(I)cc1)c1ccc(Cl)s1.OCc1cncn1-c1ccc(I)cc1. The summed E-state index contributed by atoms with van der Waals surface area (Å²) in [5.41, 5.74) is 6.15. The number of nitrogens with one attached hydrogen (secondary N) is 2. The van der Waals surface area contributed by atoms with E-state index in [-0.39, 0.29) is 24.0 Å². The van der Waals surface area contributed by atoms with Gasteiger partial charge in [-0.05, 0) is 148 Å². The number of imidazole rings is 3. The lowest BCUT2D eigenvalue weighted by Crippen LogP contribution is -2.23. The number of aromatic nitrogens is 7. The van der Waals surface area contributed by atoms with Gasteiger partial charge in [0.1, 0.15) is 0 Å². The number of pyridine rings is 1. The summed E-state index contributed by atoms with van der Waals surface area (Å²) in [6, 6.07) is 35.6. The molecule has 0 bridgehead atoms. The quantitative estimate of drug-likeness (QED) is 0.109. The molecule has 13 nitrogen and oxygen atoms in total. The van der Waals surface area contributed by atoms with Gasteiger partial charge in [0, 0.05) is 42.2 Å². The Morgan fingerprint density at radius 1 is 0.547 bits per heavy atom. The van der Waals surface area contributed by atoms with E-state index in [4.69, 9.17) is 28.3 Å². The number of amides is 2. The molecule has 0 fully saturated rings. The molecule has 0 aliphatic heterocycles. The number of hydrogen-bond donors (Lipinski definition) is 3. The Hall–Kier alpha value is -5.42. The fraction of sp³-hybridized carbons (Fsp3) is 0.0667. The van der Waals surface area contributed by atoms with Gasteiger partial charge in [-0.15, -0.1) is 22.7 Å². The molecule has 9 aromatic rings. The van der Waals surface area contributed by atoms with Crippen LogP contribution in [0.4, 0.5) is 0 Å². The van der Waals surface area contributed by atoms with Crippen molar-refractivity contribution < 1.29 is 14.7 Å². The predicted molar refractivity (Wildman–Crippen MR) is 269 cm³/mol. The smallest absolute Gasteiger partial charge is 0.261 e. The molecule has 0 aliphatic carbocycles. The highest BCUT2D eigenvalue weighted by Crippen LogP contribution is 2.23. The lowest BCUT2D eigenvalue weighted by atomic mass is 10.2. The summed E-state index contributed by atoms with van der Waals surface area (Å²) in [5.74, 6) is -0.310. The molecule has 64 heavy (non-hydrogen) atoms. The Morgan fingerprint density at radius 2 is 0.938 bits per heavy atom. The molecule has 2 amide bonds. The second-order valence-corrected chi connectivity index (χ2v) is 19.3. The molecule has 324 valence electrons. The van der Waals surface area contributed by atoms with E-state index in [1.807, 2.05) is 92.6 Å². The summed E-state index contributed by atoms with van der Waals surface area (Å²) >= 11 is 18.8. The maximum Gasteiger partial charge on any atom is 0.261 e. The first kappa shape index (κ1) is 46.6. The summed E-state index contributed by atoms with van der Waals surface area (Å²) in [6.45, 7) is 0.737. The van der Waals surface area contributed by atoms with Crippen molar-refractivity contribution >= 4 is 103 Å². The van der Waals surface area contributed by atoms with Crippen LogP contribution in [0.1, 0.15) is 36.4 Å². The summed E-state index contributed by atoms with van der Waals surface area (Å²) in [5, 5.41) is 14.8. The molecular formula is C45H35Cl2I2N9O4S2. The number of thiophene rings is 2. The molecule has 0 saturated heterocycles. The van der Waals surface area contributed by atoms with Crippen LogP contribution in [0.15, 0.2) is 164 Å². The highest BCUT2D eigenvalue weighted by Gasteiger charge is 2.13. The average Bonchev–Trinajstić information content (AvgIpc) is 4.18. The first-order valence-electron chi connectivity index (χ1n) is 19.1. The van der Waals surface area contributed by atoms with Crippen LogP contribution in [0.3, 0.4) is 0 Å². The van der Waals surface area contributed by atoms with Crippen molar-refractivity contribution in [1.29, 1.82) is 0 Å². The Morgan fingerprint density at radius 3 is 1.33 bits per heavy atom. The molecule has 6 aromatic heterocycles. The standard InChI is InChI=1S/C20H15ClN4O2S.C15H11ClIN3OS.C10H9IN2O/c21-18-9-8-17(28-18)20(27)23-12-16-11-22-13-25(16)15-6-4-14(5-7-15)24-10-2-1-3-19(24)26;16-14-6-5-13(22-14)15(21)19-8-12-7-18-9-20(12)11-3-1-10(17)2-4-11;11-8-1-3-9(4-2-8)13-7-12-5-10(13)6-14/h1-11,13H,12H2,(H,23,27);1-7,9H,8H2,(H,19,21);1-5,7,14H,6H2. The monoisotopic (exact) mass is 1150 g/mol. The van der Waals surface area contributed by atoms with Gasteiger partial charge < -0.3 is 29.4 Å². The van der Waals surface area contributed by atoms with Crippen LogP contribution in [0.5, 0.6) is 0 Å².